The van der Waals surface area contributed by atoms with Crippen molar-refractivity contribution in [3.05, 3.63) is 40.8 Å². The van der Waals surface area contributed by atoms with E-state index in [1.807, 2.05) is 17.7 Å². The van der Waals surface area contributed by atoms with Crippen LogP contribution in [0.5, 0.6) is 5.75 Å². The smallest absolute Gasteiger partial charge is 0.419 e. The quantitative estimate of drug-likeness (QED) is 0.438. The Morgan fingerprint density at radius 2 is 1.91 bits per heavy atom. The van der Waals surface area contributed by atoms with E-state index in [-0.39, 0.29) is 35.4 Å². The molecule has 32 heavy (non-hydrogen) atoms. The fourth-order valence-electron chi connectivity index (χ4n) is 4.28. The molecule has 1 saturated carbocycles. The van der Waals surface area contributed by atoms with Crippen LogP contribution < -0.4 is 4.74 Å². The number of hydrogen-bond donors (Lipinski definition) is 1. The van der Waals surface area contributed by atoms with Crippen LogP contribution in [-0.4, -0.2) is 39.4 Å². The van der Waals surface area contributed by atoms with Crippen molar-refractivity contribution in [2.24, 2.45) is 0 Å². The lowest BCUT2D eigenvalue weighted by atomic mass is 9.77. The lowest BCUT2D eigenvalue weighted by Gasteiger charge is -2.41. The molecule has 0 unspecified atom stereocenters. The van der Waals surface area contributed by atoms with E-state index < -0.39 is 23.2 Å². The first kappa shape index (κ1) is 22.5. The van der Waals surface area contributed by atoms with Gasteiger partial charge in [0, 0.05) is 24.7 Å². The number of methoxy groups -OCH3 is 1. The Balaban J connectivity index is 1.85. The molecular formula is C22H23F4N3O3. The van der Waals surface area contributed by atoms with E-state index in [2.05, 4.69) is 10.2 Å². The first-order chi connectivity index (χ1) is 14.9. The number of ether oxygens (including phenoxy) is 2. The molecule has 0 bridgehead atoms. The van der Waals surface area contributed by atoms with Gasteiger partial charge < -0.3 is 19.1 Å². The molecule has 0 atom stereocenters. The van der Waals surface area contributed by atoms with Gasteiger partial charge in [-0.15, -0.1) is 10.2 Å². The second-order valence-electron chi connectivity index (χ2n) is 8.53. The molecule has 1 N–H and O–H groups in total. The lowest BCUT2D eigenvalue weighted by molar-refractivity contribution is -0.140. The Morgan fingerprint density at radius 3 is 2.50 bits per heavy atom. The van der Waals surface area contributed by atoms with Gasteiger partial charge in [-0.05, 0) is 56.9 Å². The number of benzene rings is 1. The van der Waals surface area contributed by atoms with Gasteiger partial charge in [0.2, 0.25) is 0 Å². The van der Waals surface area contributed by atoms with Crippen molar-refractivity contribution >= 4 is 11.0 Å². The van der Waals surface area contributed by atoms with Crippen molar-refractivity contribution in [1.82, 2.24) is 14.8 Å². The summed E-state index contributed by atoms with van der Waals surface area (Å²) in [7, 11) is 1.33. The normalized spacial score (nSPS) is 21.1. The number of nitrogens with zero attached hydrogens (tertiary/aromatic N) is 3. The summed E-state index contributed by atoms with van der Waals surface area (Å²) in [5, 5.41) is 19.3. The van der Waals surface area contributed by atoms with Crippen molar-refractivity contribution < 1.29 is 32.1 Å². The number of rotatable bonds is 5. The summed E-state index contributed by atoms with van der Waals surface area (Å²) in [5.74, 6) is -1.58. The van der Waals surface area contributed by atoms with Crippen molar-refractivity contribution in [2.75, 3.05) is 13.9 Å². The van der Waals surface area contributed by atoms with Crippen molar-refractivity contribution in [1.29, 1.82) is 0 Å². The van der Waals surface area contributed by atoms with Gasteiger partial charge in [0.15, 0.2) is 12.4 Å². The zero-order valence-corrected chi connectivity index (χ0v) is 18.0. The second kappa shape index (κ2) is 7.70. The summed E-state index contributed by atoms with van der Waals surface area (Å²) in [6.45, 7) is 4.58. The number of fused-ring (bicyclic) bond motifs is 1. The second-order valence-corrected chi connectivity index (χ2v) is 8.53. The predicted octanol–water partition coefficient (Wildman–Crippen LogP) is 4.94. The molecule has 0 spiro atoms. The lowest BCUT2D eigenvalue weighted by Crippen LogP contribution is -2.41. The van der Waals surface area contributed by atoms with Crippen LogP contribution in [0.25, 0.3) is 22.3 Å². The third kappa shape index (κ3) is 3.81. The molecule has 4 rings (SSSR count). The largest absolute Gasteiger partial charge is 0.467 e. The van der Waals surface area contributed by atoms with E-state index in [4.69, 9.17) is 9.47 Å². The SMILES string of the molecule is COCOc1cc(C(F)(F)F)c(F)c(C)c1-c1cc2c(C)cn(C3CC(C)(O)C3)c2nn1. The molecule has 6 nitrogen and oxygen atoms in total. The van der Waals surface area contributed by atoms with E-state index >= 15 is 0 Å². The first-order valence-electron chi connectivity index (χ1n) is 10.0. The van der Waals surface area contributed by atoms with E-state index in [9.17, 15) is 22.7 Å². The minimum absolute atomic E-state index is 0.0761. The van der Waals surface area contributed by atoms with Crippen molar-refractivity contribution in [3.8, 4) is 17.0 Å². The van der Waals surface area contributed by atoms with Gasteiger partial charge in [0.1, 0.15) is 11.6 Å². The molecule has 0 saturated heterocycles. The number of aromatic nitrogens is 3. The van der Waals surface area contributed by atoms with Crippen LogP contribution in [0.3, 0.4) is 0 Å². The topological polar surface area (TPSA) is 69.4 Å². The fourth-order valence-corrected chi connectivity index (χ4v) is 4.28. The highest BCUT2D eigenvalue weighted by Crippen LogP contribution is 2.44. The standard InChI is InChI=1S/C22H23F4N3O3/c1-11-9-29(13-7-21(3,30)8-13)20-14(11)5-16(27-28-20)18-12(2)19(23)15(22(24,25)26)6-17(18)32-10-31-4/h5-6,9,13,30H,7-8,10H2,1-4H3. The maximum absolute atomic E-state index is 14.7. The number of alkyl halides is 3. The molecule has 0 amide bonds. The van der Waals surface area contributed by atoms with Crippen molar-refractivity contribution in [2.45, 2.75) is 51.4 Å². The zero-order chi connectivity index (χ0) is 23.4. The molecule has 1 aromatic carbocycles. The molecular weight excluding hydrogens is 430 g/mol. The van der Waals surface area contributed by atoms with Gasteiger partial charge >= 0.3 is 6.18 Å². The molecule has 172 valence electrons. The van der Waals surface area contributed by atoms with Gasteiger partial charge in [-0.3, -0.25) is 0 Å². The van der Waals surface area contributed by atoms with Gasteiger partial charge in [0.05, 0.1) is 22.4 Å². The maximum atomic E-state index is 14.7. The van der Waals surface area contributed by atoms with E-state index in [1.54, 1.807) is 13.0 Å². The van der Waals surface area contributed by atoms with Gasteiger partial charge in [-0.25, -0.2) is 4.39 Å². The molecule has 1 fully saturated rings. The van der Waals surface area contributed by atoms with Crippen LogP contribution in [0.1, 0.15) is 42.5 Å². The third-order valence-electron chi connectivity index (χ3n) is 5.88. The molecule has 0 aliphatic heterocycles. The van der Waals surface area contributed by atoms with E-state index in [0.29, 0.717) is 24.6 Å². The van der Waals surface area contributed by atoms with Crippen LogP contribution in [0, 0.1) is 19.7 Å². The molecule has 2 aromatic heterocycles. The fraction of sp³-hybridized carbons (Fsp3) is 0.455. The number of hydrogen-bond acceptors (Lipinski definition) is 5. The van der Waals surface area contributed by atoms with Gasteiger partial charge in [-0.1, -0.05) is 0 Å². The summed E-state index contributed by atoms with van der Waals surface area (Å²) in [4.78, 5) is 0. The van der Waals surface area contributed by atoms with Crippen LogP contribution in [0.15, 0.2) is 18.3 Å². The van der Waals surface area contributed by atoms with Crippen LogP contribution in [-0.2, 0) is 10.9 Å². The Morgan fingerprint density at radius 1 is 1.22 bits per heavy atom. The minimum atomic E-state index is -4.88. The Bertz CT molecular complexity index is 1180. The number of aliphatic hydroxyl groups is 1. The van der Waals surface area contributed by atoms with Crippen molar-refractivity contribution in [3.63, 3.8) is 0 Å². The highest BCUT2D eigenvalue weighted by atomic mass is 19.4. The van der Waals surface area contributed by atoms with Crippen LogP contribution in [0.4, 0.5) is 17.6 Å². The van der Waals surface area contributed by atoms with E-state index in [0.717, 1.165) is 10.9 Å². The van der Waals surface area contributed by atoms with Gasteiger partial charge in [-0.2, -0.15) is 13.2 Å². The Kier molecular flexibility index (Phi) is 5.41. The molecule has 1 aliphatic rings. The monoisotopic (exact) mass is 453 g/mol. The van der Waals surface area contributed by atoms with Crippen LogP contribution in [0.2, 0.25) is 0 Å². The Labute approximate surface area is 181 Å². The first-order valence-corrected chi connectivity index (χ1v) is 10.0. The average Bonchev–Trinajstić information content (AvgIpc) is 3.01. The molecule has 0 radical (unpaired) electrons. The number of aryl methyl sites for hydroxylation is 1. The summed E-state index contributed by atoms with van der Waals surface area (Å²) in [5.41, 5.74) is -0.630. The predicted molar refractivity (Wildman–Crippen MR) is 109 cm³/mol. The summed E-state index contributed by atoms with van der Waals surface area (Å²) >= 11 is 0. The average molecular weight is 453 g/mol. The molecule has 2 heterocycles. The Hall–Kier alpha value is -2.72. The minimum Gasteiger partial charge on any atom is -0.467 e. The zero-order valence-electron chi connectivity index (χ0n) is 18.0. The molecule has 1 aliphatic carbocycles. The van der Waals surface area contributed by atoms with E-state index in [1.165, 1.54) is 14.0 Å². The molecule has 3 aromatic rings. The third-order valence-corrected chi connectivity index (χ3v) is 5.88. The summed E-state index contributed by atoms with van der Waals surface area (Å²) in [6, 6.07) is 2.36. The number of halogens is 4. The van der Waals surface area contributed by atoms with Gasteiger partial charge in [0.25, 0.3) is 0 Å². The van der Waals surface area contributed by atoms with Crippen LogP contribution >= 0.6 is 0 Å². The highest BCUT2D eigenvalue weighted by molar-refractivity contribution is 5.85. The summed E-state index contributed by atoms with van der Waals surface area (Å²) in [6.07, 6.45) is -1.81. The highest BCUT2D eigenvalue weighted by Gasteiger charge is 2.40. The maximum Gasteiger partial charge on any atom is 0.419 e. The summed E-state index contributed by atoms with van der Waals surface area (Å²) < 4.78 is 66.8. The molecule has 10 heteroatoms.